The molecule has 0 spiro atoms. The van der Waals surface area contributed by atoms with Gasteiger partial charge in [-0.1, -0.05) is 12.1 Å². The van der Waals surface area contributed by atoms with Crippen LogP contribution in [0.15, 0.2) is 36.7 Å². The van der Waals surface area contributed by atoms with Gasteiger partial charge in [0.1, 0.15) is 18.7 Å². The van der Waals surface area contributed by atoms with Crippen LogP contribution in [0.2, 0.25) is 0 Å². The van der Waals surface area contributed by atoms with Gasteiger partial charge in [-0.25, -0.2) is 4.98 Å². The van der Waals surface area contributed by atoms with Crippen molar-refractivity contribution in [1.29, 1.82) is 0 Å². The van der Waals surface area contributed by atoms with Gasteiger partial charge in [-0.3, -0.25) is 0 Å². The Kier molecular flexibility index (Phi) is 2.00. The average Bonchev–Trinajstić information content (AvgIpc) is 2.71. The van der Waals surface area contributed by atoms with Crippen LogP contribution in [0.5, 0.6) is 5.75 Å². The van der Waals surface area contributed by atoms with Crippen molar-refractivity contribution < 1.29 is 4.74 Å². The molecule has 2 rings (SSSR count). The van der Waals surface area contributed by atoms with Crippen LogP contribution in [0.3, 0.4) is 0 Å². The van der Waals surface area contributed by atoms with Crippen molar-refractivity contribution in [3.05, 3.63) is 43.8 Å². The van der Waals surface area contributed by atoms with E-state index in [9.17, 15) is 0 Å². The van der Waals surface area contributed by atoms with Gasteiger partial charge in [0.05, 0.1) is 0 Å². The Morgan fingerprint density at radius 2 is 2.31 bits per heavy atom. The summed E-state index contributed by atoms with van der Waals surface area (Å²) in [7, 11) is 3.35. The fourth-order valence-corrected chi connectivity index (χ4v) is 1.16. The van der Waals surface area contributed by atoms with E-state index >= 15 is 0 Å². The molecule has 65 valence electrons. The van der Waals surface area contributed by atoms with E-state index in [4.69, 9.17) is 4.74 Å². The van der Waals surface area contributed by atoms with Gasteiger partial charge in [-0.15, -0.1) is 0 Å². The Hall–Kier alpha value is -1.77. The van der Waals surface area contributed by atoms with Crippen LogP contribution >= 0.6 is 0 Å². The topological polar surface area (TPSA) is 37.9 Å². The maximum Gasteiger partial charge on any atom is 0.137 e. The van der Waals surface area contributed by atoms with Crippen LogP contribution in [-0.4, -0.2) is 9.97 Å². The molecule has 3 heteroatoms. The number of benzene rings is 1. The standard InChI is InChI=1S/C10H9N2O/c1-13-9-4-2-3-8(7-9)10-11-5-6-12-10/h2-7H,1H2,(H,11,12). The molecule has 0 fully saturated rings. The minimum absolute atomic E-state index is 0.730. The summed E-state index contributed by atoms with van der Waals surface area (Å²) in [4.78, 5) is 7.15. The van der Waals surface area contributed by atoms with Crippen LogP contribution in [-0.2, 0) is 0 Å². The lowest BCUT2D eigenvalue weighted by Crippen LogP contribution is -1.82. The van der Waals surface area contributed by atoms with Gasteiger partial charge in [0.2, 0.25) is 0 Å². The maximum absolute atomic E-state index is 4.86. The molecule has 1 N–H and O–H groups in total. The lowest BCUT2D eigenvalue weighted by Gasteiger charge is -2.00. The van der Waals surface area contributed by atoms with Crippen LogP contribution < -0.4 is 4.74 Å². The number of aromatic nitrogens is 2. The van der Waals surface area contributed by atoms with E-state index in [1.54, 1.807) is 12.4 Å². The third kappa shape index (κ3) is 1.54. The highest BCUT2D eigenvalue weighted by Gasteiger charge is 1.99. The molecule has 1 radical (unpaired) electrons. The highest BCUT2D eigenvalue weighted by Crippen LogP contribution is 2.20. The van der Waals surface area contributed by atoms with Gasteiger partial charge in [0.25, 0.3) is 0 Å². The predicted octanol–water partition coefficient (Wildman–Crippen LogP) is 2.25. The molecular weight excluding hydrogens is 164 g/mol. The predicted molar refractivity (Wildman–Crippen MR) is 50.0 cm³/mol. The van der Waals surface area contributed by atoms with Gasteiger partial charge in [-0.2, -0.15) is 0 Å². The third-order valence-corrected chi connectivity index (χ3v) is 1.77. The zero-order valence-corrected chi connectivity index (χ0v) is 7.03. The van der Waals surface area contributed by atoms with Gasteiger partial charge in [0, 0.05) is 18.0 Å². The van der Waals surface area contributed by atoms with Crippen LogP contribution in [0.4, 0.5) is 0 Å². The molecule has 1 aromatic carbocycles. The molecule has 0 aliphatic heterocycles. The quantitative estimate of drug-likeness (QED) is 0.756. The smallest absolute Gasteiger partial charge is 0.137 e. The molecule has 0 amide bonds. The summed E-state index contributed by atoms with van der Waals surface area (Å²) in [6.45, 7) is 0. The van der Waals surface area contributed by atoms with Crippen molar-refractivity contribution >= 4 is 0 Å². The molecule has 3 nitrogen and oxygen atoms in total. The van der Waals surface area contributed by atoms with Crippen molar-refractivity contribution in [2.24, 2.45) is 0 Å². The molecule has 0 atom stereocenters. The lowest BCUT2D eigenvalue weighted by atomic mass is 10.2. The monoisotopic (exact) mass is 173 g/mol. The minimum atomic E-state index is 0.730. The molecule has 0 aliphatic rings. The third-order valence-electron chi connectivity index (χ3n) is 1.77. The number of nitrogens with one attached hydrogen (secondary N) is 1. The number of aromatic amines is 1. The number of nitrogens with zero attached hydrogens (tertiary/aromatic N) is 1. The molecule has 1 heterocycles. The first-order chi connectivity index (χ1) is 6.40. The zero-order chi connectivity index (χ0) is 9.10. The fraction of sp³-hybridized carbons (Fsp3) is 0. The molecule has 0 aliphatic carbocycles. The van der Waals surface area contributed by atoms with Gasteiger partial charge in [0.15, 0.2) is 0 Å². The van der Waals surface area contributed by atoms with E-state index in [-0.39, 0.29) is 0 Å². The van der Waals surface area contributed by atoms with Gasteiger partial charge < -0.3 is 9.72 Å². The van der Waals surface area contributed by atoms with Crippen LogP contribution in [0.1, 0.15) is 0 Å². The SMILES string of the molecule is [CH2]Oc1cccc(-c2ncc[nH]2)c1. The fourth-order valence-electron chi connectivity index (χ4n) is 1.16. The number of hydrogen-bond acceptors (Lipinski definition) is 2. The second kappa shape index (κ2) is 3.31. The van der Waals surface area contributed by atoms with Crippen LogP contribution in [0.25, 0.3) is 11.4 Å². The first-order valence-corrected chi connectivity index (χ1v) is 3.92. The summed E-state index contributed by atoms with van der Waals surface area (Å²) in [5.74, 6) is 1.56. The van der Waals surface area contributed by atoms with E-state index in [1.807, 2.05) is 24.3 Å². The van der Waals surface area contributed by atoms with Crippen molar-refractivity contribution in [2.75, 3.05) is 0 Å². The molecule has 0 saturated heterocycles. The number of H-pyrrole nitrogens is 1. The van der Waals surface area contributed by atoms with E-state index in [2.05, 4.69) is 17.1 Å². The Bertz CT molecular complexity index is 382. The first kappa shape index (κ1) is 7.86. The number of rotatable bonds is 2. The Balaban J connectivity index is 2.41. The highest BCUT2D eigenvalue weighted by atomic mass is 16.5. The van der Waals surface area contributed by atoms with Gasteiger partial charge >= 0.3 is 0 Å². The van der Waals surface area contributed by atoms with Crippen molar-refractivity contribution in [3.63, 3.8) is 0 Å². The molecule has 2 aromatic rings. The van der Waals surface area contributed by atoms with Crippen molar-refractivity contribution in [2.45, 2.75) is 0 Å². The summed E-state index contributed by atoms with van der Waals surface area (Å²) in [5, 5.41) is 0. The molecule has 0 saturated carbocycles. The molecule has 0 bridgehead atoms. The van der Waals surface area contributed by atoms with Crippen molar-refractivity contribution in [1.82, 2.24) is 9.97 Å². The number of hydrogen-bond donors (Lipinski definition) is 1. The Morgan fingerprint density at radius 1 is 1.38 bits per heavy atom. The Morgan fingerprint density at radius 3 is 3.00 bits per heavy atom. The molecule has 0 unspecified atom stereocenters. The van der Waals surface area contributed by atoms with Gasteiger partial charge in [-0.05, 0) is 12.1 Å². The van der Waals surface area contributed by atoms with E-state index in [0.717, 1.165) is 17.1 Å². The minimum Gasteiger partial charge on any atom is -0.490 e. The Labute approximate surface area is 76.4 Å². The normalized spacial score (nSPS) is 9.92. The zero-order valence-electron chi connectivity index (χ0n) is 7.03. The maximum atomic E-state index is 4.86. The summed E-state index contributed by atoms with van der Waals surface area (Å²) in [6, 6.07) is 7.59. The summed E-state index contributed by atoms with van der Waals surface area (Å²) < 4.78 is 4.86. The summed E-state index contributed by atoms with van der Waals surface area (Å²) in [5.41, 5.74) is 0.992. The largest absolute Gasteiger partial charge is 0.490 e. The molecule has 1 aromatic heterocycles. The highest BCUT2D eigenvalue weighted by molar-refractivity contribution is 5.57. The van der Waals surface area contributed by atoms with Crippen molar-refractivity contribution in [3.8, 4) is 17.1 Å². The summed E-state index contributed by atoms with van der Waals surface area (Å²) in [6.07, 6.45) is 3.50. The van der Waals surface area contributed by atoms with E-state index < -0.39 is 0 Å². The first-order valence-electron chi connectivity index (χ1n) is 3.92. The second-order valence-corrected chi connectivity index (χ2v) is 2.61. The number of ether oxygens (including phenoxy) is 1. The van der Waals surface area contributed by atoms with E-state index in [1.165, 1.54) is 0 Å². The second-order valence-electron chi connectivity index (χ2n) is 2.61. The molecule has 13 heavy (non-hydrogen) atoms. The molecular formula is C10H9N2O. The lowest BCUT2D eigenvalue weighted by molar-refractivity contribution is 0.473. The number of imidazole rings is 1. The average molecular weight is 173 g/mol. The summed E-state index contributed by atoms with van der Waals surface area (Å²) >= 11 is 0. The van der Waals surface area contributed by atoms with Crippen LogP contribution in [0, 0.1) is 7.11 Å². The van der Waals surface area contributed by atoms with E-state index in [0.29, 0.717) is 0 Å².